The van der Waals surface area contributed by atoms with Crippen LogP contribution in [0.3, 0.4) is 0 Å². The Kier molecular flexibility index (Phi) is 7.36. The first kappa shape index (κ1) is 24.0. The number of carbonyl (C=O) groups excluding carboxylic acids is 1. The average molecular weight is 473 g/mol. The third kappa shape index (κ3) is 5.96. The number of carbonyl (C=O) groups is 2. The number of amides is 1. The molecule has 2 aliphatic rings. The summed E-state index contributed by atoms with van der Waals surface area (Å²) in [5.74, 6) is -1.85. The van der Waals surface area contributed by atoms with Gasteiger partial charge < -0.3 is 19.5 Å². The number of pyridine rings is 1. The molecule has 2 fully saturated rings. The van der Waals surface area contributed by atoms with Crippen molar-refractivity contribution in [2.45, 2.75) is 18.7 Å². The molecule has 1 N–H and O–H groups in total. The van der Waals surface area contributed by atoms with E-state index < -0.39 is 17.7 Å². The minimum Gasteiger partial charge on any atom is -0.475 e. The molecule has 32 heavy (non-hydrogen) atoms. The standard InChI is InChI=1S/C18H21N3O3S.C2HF3O2/c1-14-5-6-17(25-14)21-12-18(24-10-16(21)22)11-20(8-9-23-13-18)15-4-2-3-7-19-15;3-2(4,5)1(6)7/h2-7H,8-13H2,1H3;(H,6,7). The molecular formula is C20H22F3N3O5S. The van der Waals surface area contributed by atoms with E-state index in [4.69, 9.17) is 19.4 Å². The molecule has 1 spiro atoms. The molecule has 0 aliphatic carbocycles. The van der Waals surface area contributed by atoms with Crippen molar-refractivity contribution in [1.82, 2.24) is 4.98 Å². The van der Waals surface area contributed by atoms with Gasteiger partial charge in [-0.25, -0.2) is 9.78 Å². The lowest BCUT2D eigenvalue weighted by molar-refractivity contribution is -0.192. The molecule has 1 unspecified atom stereocenters. The Bertz CT molecular complexity index is 940. The van der Waals surface area contributed by atoms with Gasteiger partial charge in [-0.15, -0.1) is 11.3 Å². The van der Waals surface area contributed by atoms with Crippen molar-refractivity contribution in [3.63, 3.8) is 0 Å². The topological polar surface area (TPSA) is 92.2 Å². The maximum absolute atomic E-state index is 12.4. The zero-order valence-electron chi connectivity index (χ0n) is 17.2. The molecule has 2 aliphatic heterocycles. The first-order valence-electron chi connectivity index (χ1n) is 9.64. The maximum Gasteiger partial charge on any atom is 0.490 e. The molecule has 8 nitrogen and oxygen atoms in total. The summed E-state index contributed by atoms with van der Waals surface area (Å²) in [4.78, 5) is 31.0. The number of rotatable bonds is 2. The third-order valence-corrected chi connectivity index (χ3v) is 5.83. The fraction of sp³-hybridized carbons (Fsp3) is 0.450. The van der Waals surface area contributed by atoms with Crippen LogP contribution in [0.1, 0.15) is 4.88 Å². The number of halogens is 3. The van der Waals surface area contributed by atoms with Crippen LogP contribution < -0.4 is 9.80 Å². The molecule has 0 bridgehead atoms. The Balaban J connectivity index is 0.000000360. The van der Waals surface area contributed by atoms with Gasteiger partial charge in [0.05, 0.1) is 31.3 Å². The van der Waals surface area contributed by atoms with E-state index in [0.717, 1.165) is 17.4 Å². The molecule has 2 aromatic rings. The molecule has 1 amide bonds. The fourth-order valence-electron chi connectivity index (χ4n) is 3.31. The summed E-state index contributed by atoms with van der Waals surface area (Å²) in [5, 5.41) is 8.10. The van der Waals surface area contributed by atoms with E-state index >= 15 is 0 Å². The molecule has 0 aromatic carbocycles. The number of aromatic nitrogens is 1. The number of thiophene rings is 1. The highest BCUT2D eigenvalue weighted by Crippen LogP contribution is 2.32. The molecule has 2 aromatic heterocycles. The van der Waals surface area contributed by atoms with Crippen molar-refractivity contribution >= 4 is 34.0 Å². The summed E-state index contributed by atoms with van der Waals surface area (Å²) in [6.07, 6.45) is -3.29. The first-order valence-corrected chi connectivity index (χ1v) is 10.5. The van der Waals surface area contributed by atoms with Crippen LogP contribution in [0.25, 0.3) is 0 Å². The highest BCUT2D eigenvalue weighted by Gasteiger charge is 2.44. The van der Waals surface area contributed by atoms with Crippen LogP contribution in [0.5, 0.6) is 0 Å². The molecule has 2 saturated heterocycles. The van der Waals surface area contributed by atoms with Gasteiger partial charge in [-0.2, -0.15) is 13.2 Å². The van der Waals surface area contributed by atoms with Crippen molar-refractivity contribution in [3.05, 3.63) is 41.4 Å². The quantitative estimate of drug-likeness (QED) is 0.717. The Hall–Kier alpha value is -2.70. The predicted octanol–water partition coefficient (Wildman–Crippen LogP) is 2.72. The van der Waals surface area contributed by atoms with Crippen LogP contribution in [-0.4, -0.2) is 73.2 Å². The first-order chi connectivity index (χ1) is 15.1. The van der Waals surface area contributed by atoms with E-state index in [1.54, 1.807) is 17.5 Å². The lowest BCUT2D eigenvalue weighted by Crippen LogP contribution is -2.60. The number of hydrogen-bond acceptors (Lipinski definition) is 7. The SMILES string of the molecule is Cc1ccc(N2CC3(COCCN(c4ccccn4)C3)OCC2=O)s1.O=C(O)C(F)(F)F. The smallest absolute Gasteiger partial charge is 0.475 e. The van der Waals surface area contributed by atoms with Gasteiger partial charge >= 0.3 is 12.1 Å². The average Bonchev–Trinajstić information content (AvgIpc) is 3.07. The summed E-state index contributed by atoms with van der Waals surface area (Å²) in [6.45, 7) is 5.13. The largest absolute Gasteiger partial charge is 0.490 e. The fourth-order valence-corrected chi connectivity index (χ4v) is 4.19. The van der Waals surface area contributed by atoms with Crippen molar-refractivity contribution in [1.29, 1.82) is 0 Å². The lowest BCUT2D eigenvalue weighted by atomic mass is 10.0. The second kappa shape index (κ2) is 9.84. The van der Waals surface area contributed by atoms with Crippen molar-refractivity contribution in [3.8, 4) is 0 Å². The molecule has 174 valence electrons. The van der Waals surface area contributed by atoms with Crippen LogP contribution >= 0.6 is 11.3 Å². The zero-order chi connectivity index (χ0) is 23.4. The van der Waals surface area contributed by atoms with E-state index in [0.29, 0.717) is 26.3 Å². The van der Waals surface area contributed by atoms with Gasteiger partial charge in [-0.05, 0) is 31.2 Å². The van der Waals surface area contributed by atoms with Crippen LogP contribution in [0.2, 0.25) is 0 Å². The number of carboxylic acids is 1. The summed E-state index contributed by atoms with van der Waals surface area (Å²) < 4.78 is 43.6. The molecule has 1 atom stereocenters. The molecular weight excluding hydrogens is 451 g/mol. The monoisotopic (exact) mass is 473 g/mol. The highest BCUT2D eigenvalue weighted by atomic mass is 32.1. The van der Waals surface area contributed by atoms with E-state index in [2.05, 4.69) is 9.88 Å². The number of aryl methyl sites for hydroxylation is 1. The van der Waals surface area contributed by atoms with Gasteiger partial charge in [-0.1, -0.05) is 6.07 Å². The number of anilines is 2. The Morgan fingerprint density at radius 3 is 2.59 bits per heavy atom. The van der Waals surface area contributed by atoms with Gasteiger partial charge in [0.1, 0.15) is 18.0 Å². The molecule has 12 heteroatoms. The van der Waals surface area contributed by atoms with Gasteiger partial charge in [0.25, 0.3) is 5.91 Å². The molecule has 4 heterocycles. The van der Waals surface area contributed by atoms with Crippen LogP contribution in [0.4, 0.5) is 24.0 Å². The number of morpholine rings is 1. The van der Waals surface area contributed by atoms with E-state index in [9.17, 15) is 18.0 Å². The van der Waals surface area contributed by atoms with Gasteiger partial charge in [0.15, 0.2) is 0 Å². The molecule has 0 radical (unpaired) electrons. The van der Waals surface area contributed by atoms with E-state index in [1.807, 2.05) is 42.2 Å². The molecule has 0 saturated carbocycles. The number of nitrogens with zero attached hydrogens (tertiary/aromatic N) is 3. The number of hydrogen-bond donors (Lipinski definition) is 1. The van der Waals surface area contributed by atoms with E-state index in [1.165, 1.54) is 4.88 Å². The van der Waals surface area contributed by atoms with Crippen molar-refractivity contribution in [2.24, 2.45) is 0 Å². The second-order valence-corrected chi connectivity index (χ2v) is 8.57. The minimum atomic E-state index is -5.08. The Morgan fingerprint density at radius 1 is 1.25 bits per heavy atom. The summed E-state index contributed by atoms with van der Waals surface area (Å²) in [6, 6.07) is 9.93. The van der Waals surface area contributed by atoms with Crippen molar-refractivity contribution < 1.29 is 37.3 Å². The van der Waals surface area contributed by atoms with Crippen LogP contribution in [0.15, 0.2) is 36.5 Å². The summed E-state index contributed by atoms with van der Waals surface area (Å²) in [7, 11) is 0. The van der Waals surface area contributed by atoms with Crippen LogP contribution in [-0.2, 0) is 19.1 Å². The highest BCUT2D eigenvalue weighted by molar-refractivity contribution is 7.16. The van der Waals surface area contributed by atoms with Crippen LogP contribution in [0, 0.1) is 6.92 Å². The van der Waals surface area contributed by atoms with E-state index in [-0.39, 0.29) is 12.5 Å². The normalized spacial score (nSPS) is 21.7. The zero-order valence-corrected chi connectivity index (χ0v) is 18.0. The second-order valence-electron chi connectivity index (χ2n) is 7.30. The summed E-state index contributed by atoms with van der Waals surface area (Å²) >= 11 is 1.63. The Labute approximate surface area is 186 Å². The summed E-state index contributed by atoms with van der Waals surface area (Å²) in [5.41, 5.74) is -0.542. The van der Waals surface area contributed by atoms with Crippen molar-refractivity contribution in [2.75, 3.05) is 49.3 Å². The predicted molar refractivity (Wildman–Crippen MR) is 111 cm³/mol. The lowest BCUT2D eigenvalue weighted by Gasteiger charge is -2.42. The molecule has 4 rings (SSSR count). The maximum atomic E-state index is 12.4. The van der Waals surface area contributed by atoms with Gasteiger partial charge in [0, 0.05) is 17.6 Å². The number of aliphatic carboxylic acids is 1. The number of carboxylic acid groups (broad SMARTS) is 1. The van der Waals surface area contributed by atoms with Gasteiger partial charge in [0.2, 0.25) is 0 Å². The Morgan fingerprint density at radius 2 is 2.00 bits per heavy atom. The third-order valence-electron chi connectivity index (χ3n) is 4.81. The minimum absolute atomic E-state index is 0.00103. The number of alkyl halides is 3. The number of ether oxygens (including phenoxy) is 2. The van der Waals surface area contributed by atoms with Gasteiger partial charge in [-0.3, -0.25) is 9.69 Å².